The summed E-state index contributed by atoms with van der Waals surface area (Å²) < 4.78 is 38.9. The maximum absolute atomic E-state index is 13.0. The molecule has 6 heteroatoms. The van der Waals surface area contributed by atoms with E-state index in [0.29, 0.717) is 0 Å². The number of nitriles is 1. The molecule has 2 N–H and O–H groups in total. The quantitative estimate of drug-likeness (QED) is 0.868. The van der Waals surface area contributed by atoms with E-state index in [9.17, 15) is 13.2 Å². The molecule has 1 aliphatic rings. The van der Waals surface area contributed by atoms with Gasteiger partial charge in [0.05, 0.1) is 17.2 Å². The summed E-state index contributed by atoms with van der Waals surface area (Å²) in [7, 11) is 0. The molecule has 102 valence electrons. The number of piperidine rings is 1. The molecule has 0 radical (unpaired) electrons. The van der Waals surface area contributed by atoms with Gasteiger partial charge in [0.1, 0.15) is 0 Å². The van der Waals surface area contributed by atoms with E-state index in [1.807, 2.05) is 0 Å². The third-order valence-electron chi connectivity index (χ3n) is 3.15. The van der Waals surface area contributed by atoms with Gasteiger partial charge >= 0.3 is 6.18 Å². The zero-order valence-electron chi connectivity index (χ0n) is 10.2. The normalized spacial score (nSPS) is 16.9. The van der Waals surface area contributed by atoms with Crippen molar-refractivity contribution < 1.29 is 13.2 Å². The molecule has 0 atom stereocenters. The average Bonchev–Trinajstić information content (AvgIpc) is 2.39. The van der Waals surface area contributed by atoms with Crippen molar-refractivity contribution in [3.63, 3.8) is 0 Å². The molecule has 2 rings (SSSR count). The van der Waals surface area contributed by atoms with Gasteiger partial charge in [0.15, 0.2) is 0 Å². The number of nitrogens with zero attached hydrogens (tertiary/aromatic N) is 1. The van der Waals surface area contributed by atoms with Crippen molar-refractivity contribution in [2.24, 2.45) is 0 Å². The van der Waals surface area contributed by atoms with E-state index < -0.39 is 11.7 Å². The van der Waals surface area contributed by atoms with Gasteiger partial charge in [0, 0.05) is 11.7 Å². The molecule has 3 nitrogen and oxygen atoms in total. The van der Waals surface area contributed by atoms with Crippen LogP contribution in [0.5, 0.6) is 0 Å². The van der Waals surface area contributed by atoms with Gasteiger partial charge in [-0.05, 0) is 44.1 Å². The fourth-order valence-corrected chi connectivity index (χ4v) is 2.16. The Morgan fingerprint density at radius 3 is 2.53 bits per heavy atom. The fraction of sp³-hybridized carbons (Fsp3) is 0.462. The van der Waals surface area contributed by atoms with Crippen molar-refractivity contribution >= 4 is 5.69 Å². The first-order valence-electron chi connectivity index (χ1n) is 6.09. The highest BCUT2D eigenvalue weighted by Crippen LogP contribution is 2.36. The molecule has 0 amide bonds. The molecule has 1 aliphatic heterocycles. The molecule has 0 aromatic heterocycles. The van der Waals surface area contributed by atoms with Crippen molar-refractivity contribution in [2.45, 2.75) is 25.1 Å². The summed E-state index contributed by atoms with van der Waals surface area (Å²) in [6.45, 7) is 1.60. The second kappa shape index (κ2) is 5.49. The summed E-state index contributed by atoms with van der Waals surface area (Å²) in [6.07, 6.45) is -2.88. The standard InChI is InChI=1S/C13H14F3N3/c14-13(15,16)11-7-9(8-17)1-2-12(11)19-10-3-5-18-6-4-10/h1-2,7,10,18-19H,3-6H2. The summed E-state index contributed by atoms with van der Waals surface area (Å²) in [5.74, 6) is 0. The summed E-state index contributed by atoms with van der Waals surface area (Å²) >= 11 is 0. The Labute approximate surface area is 109 Å². The van der Waals surface area contributed by atoms with Crippen LogP contribution in [0.25, 0.3) is 0 Å². The van der Waals surface area contributed by atoms with Crippen molar-refractivity contribution in [3.8, 4) is 6.07 Å². The summed E-state index contributed by atoms with van der Waals surface area (Å²) in [5, 5.41) is 14.8. The van der Waals surface area contributed by atoms with E-state index in [4.69, 9.17) is 5.26 Å². The minimum atomic E-state index is -4.46. The predicted octanol–water partition coefficient (Wildman–Crippen LogP) is 2.74. The molecule has 0 unspecified atom stereocenters. The summed E-state index contributed by atoms with van der Waals surface area (Å²) in [4.78, 5) is 0. The average molecular weight is 269 g/mol. The van der Waals surface area contributed by atoms with Crippen molar-refractivity contribution in [1.82, 2.24) is 5.32 Å². The van der Waals surface area contributed by atoms with E-state index in [1.54, 1.807) is 6.07 Å². The number of anilines is 1. The van der Waals surface area contributed by atoms with E-state index in [2.05, 4.69) is 10.6 Å². The Bertz CT molecular complexity index is 485. The number of hydrogen-bond acceptors (Lipinski definition) is 3. The first-order valence-corrected chi connectivity index (χ1v) is 6.09. The van der Waals surface area contributed by atoms with Gasteiger partial charge in [-0.1, -0.05) is 0 Å². The molecule has 1 aromatic carbocycles. The molecule has 0 saturated carbocycles. The molecule has 1 saturated heterocycles. The van der Waals surface area contributed by atoms with Crippen LogP contribution >= 0.6 is 0 Å². The molecule has 1 fully saturated rings. The summed E-state index contributed by atoms with van der Waals surface area (Å²) in [5.41, 5.74) is -0.702. The van der Waals surface area contributed by atoms with E-state index in [-0.39, 0.29) is 17.3 Å². The Hall–Kier alpha value is -1.74. The molecule has 1 aromatic rings. The Balaban J connectivity index is 2.26. The van der Waals surface area contributed by atoms with Crippen LogP contribution in [-0.4, -0.2) is 19.1 Å². The van der Waals surface area contributed by atoms with Crippen LogP contribution in [0.1, 0.15) is 24.0 Å². The molecular formula is C13H14F3N3. The highest BCUT2D eigenvalue weighted by atomic mass is 19.4. The SMILES string of the molecule is N#Cc1ccc(NC2CCNCC2)c(C(F)(F)F)c1. The lowest BCUT2D eigenvalue weighted by Crippen LogP contribution is -2.35. The van der Waals surface area contributed by atoms with Crippen LogP contribution in [-0.2, 0) is 6.18 Å². The fourth-order valence-electron chi connectivity index (χ4n) is 2.16. The smallest absolute Gasteiger partial charge is 0.382 e. The van der Waals surface area contributed by atoms with Crippen LogP contribution in [0.3, 0.4) is 0 Å². The number of nitrogens with one attached hydrogen (secondary N) is 2. The molecule has 19 heavy (non-hydrogen) atoms. The van der Waals surface area contributed by atoms with Gasteiger partial charge in [-0.15, -0.1) is 0 Å². The number of halogens is 3. The van der Waals surface area contributed by atoms with Crippen molar-refractivity contribution in [2.75, 3.05) is 18.4 Å². The molecule has 1 heterocycles. The predicted molar refractivity (Wildman–Crippen MR) is 65.7 cm³/mol. The van der Waals surface area contributed by atoms with Gasteiger partial charge in [0.2, 0.25) is 0 Å². The first-order chi connectivity index (χ1) is 9.00. The molecule has 0 spiro atoms. The maximum Gasteiger partial charge on any atom is 0.418 e. The van der Waals surface area contributed by atoms with Gasteiger partial charge in [-0.3, -0.25) is 0 Å². The topological polar surface area (TPSA) is 47.9 Å². The van der Waals surface area contributed by atoms with Gasteiger partial charge in [-0.2, -0.15) is 18.4 Å². The van der Waals surface area contributed by atoms with Gasteiger partial charge in [0.25, 0.3) is 0 Å². The molecule has 0 bridgehead atoms. The lowest BCUT2D eigenvalue weighted by molar-refractivity contribution is -0.137. The minimum Gasteiger partial charge on any atom is -0.382 e. The largest absolute Gasteiger partial charge is 0.418 e. The van der Waals surface area contributed by atoms with Crippen molar-refractivity contribution in [1.29, 1.82) is 5.26 Å². The molecular weight excluding hydrogens is 255 g/mol. The highest BCUT2D eigenvalue weighted by Gasteiger charge is 2.34. The Morgan fingerprint density at radius 2 is 1.95 bits per heavy atom. The van der Waals surface area contributed by atoms with Crippen LogP contribution in [0, 0.1) is 11.3 Å². The lowest BCUT2D eigenvalue weighted by atomic mass is 10.0. The number of benzene rings is 1. The zero-order chi connectivity index (χ0) is 13.9. The number of hydrogen-bond donors (Lipinski definition) is 2. The lowest BCUT2D eigenvalue weighted by Gasteiger charge is -2.26. The van der Waals surface area contributed by atoms with E-state index in [0.717, 1.165) is 32.0 Å². The monoisotopic (exact) mass is 269 g/mol. The van der Waals surface area contributed by atoms with Crippen LogP contribution < -0.4 is 10.6 Å². The minimum absolute atomic E-state index is 0.0168. The van der Waals surface area contributed by atoms with Crippen LogP contribution in [0.2, 0.25) is 0 Å². The first kappa shape index (κ1) is 13.7. The number of alkyl halides is 3. The second-order valence-electron chi connectivity index (χ2n) is 4.54. The Kier molecular flexibility index (Phi) is 3.96. The number of rotatable bonds is 2. The third kappa shape index (κ3) is 3.38. The van der Waals surface area contributed by atoms with E-state index in [1.165, 1.54) is 12.1 Å². The van der Waals surface area contributed by atoms with Crippen molar-refractivity contribution in [3.05, 3.63) is 29.3 Å². The summed E-state index contributed by atoms with van der Waals surface area (Å²) in [6, 6.07) is 5.40. The van der Waals surface area contributed by atoms with Gasteiger partial charge in [-0.25, -0.2) is 0 Å². The molecule has 0 aliphatic carbocycles. The van der Waals surface area contributed by atoms with Crippen LogP contribution in [0.15, 0.2) is 18.2 Å². The zero-order valence-corrected chi connectivity index (χ0v) is 10.2. The van der Waals surface area contributed by atoms with E-state index >= 15 is 0 Å². The Morgan fingerprint density at radius 1 is 1.26 bits per heavy atom. The second-order valence-corrected chi connectivity index (χ2v) is 4.54. The van der Waals surface area contributed by atoms with Crippen LogP contribution in [0.4, 0.5) is 18.9 Å². The highest BCUT2D eigenvalue weighted by molar-refractivity contribution is 5.56. The van der Waals surface area contributed by atoms with Gasteiger partial charge < -0.3 is 10.6 Å². The third-order valence-corrected chi connectivity index (χ3v) is 3.15. The maximum atomic E-state index is 13.0.